The van der Waals surface area contributed by atoms with Crippen LogP contribution in [0.1, 0.15) is 55.3 Å². The molecule has 0 bridgehead atoms. The molecule has 0 saturated carbocycles. The predicted molar refractivity (Wildman–Crippen MR) is 151 cm³/mol. The fourth-order valence-corrected chi connectivity index (χ4v) is 6.37. The fourth-order valence-electron chi connectivity index (χ4n) is 6.37. The zero-order valence-electron chi connectivity index (χ0n) is 22.2. The van der Waals surface area contributed by atoms with Crippen molar-refractivity contribution >= 4 is 66.7 Å². The molecule has 8 nitrogen and oxygen atoms in total. The first-order valence-electron chi connectivity index (χ1n) is 13.6. The average molecular weight is 535 g/mol. The van der Waals surface area contributed by atoms with Crippen molar-refractivity contribution in [3.05, 3.63) is 70.8 Å². The molecule has 5 aromatic carbocycles. The predicted octanol–water partition coefficient (Wildman–Crippen LogP) is 5.00. The van der Waals surface area contributed by atoms with Crippen molar-refractivity contribution in [2.75, 3.05) is 39.5 Å². The van der Waals surface area contributed by atoms with Gasteiger partial charge in [0.25, 0.3) is 23.6 Å². The van der Waals surface area contributed by atoms with Crippen LogP contribution in [-0.2, 0) is 9.47 Å². The van der Waals surface area contributed by atoms with Crippen LogP contribution in [0.5, 0.6) is 0 Å². The second-order valence-corrected chi connectivity index (χ2v) is 10.1. The Morgan fingerprint density at radius 1 is 0.475 bits per heavy atom. The van der Waals surface area contributed by atoms with E-state index in [9.17, 15) is 19.2 Å². The van der Waals surface area contributed by atoms with Gasteiger partial charge in [0.05, 0.1) is 26.3 Å². The van der Waals surface area contributed by atoms with Gasteiger partial charge in [-0.25, -0.2) is 0 Å². The van der Waals surface area contributed by atoms with Crippen LogP contribution in [0.2, 0.25) is 0 Å². The van der Waals surface area contributed by atoms with E-state index in [1.165, 1.54) is 9.80 Å². The number of benzene rings is 5. The van der Waals surface area contributed by atoms with Crippen molar-refractivity contribution in [2.45, 2.75) is 13.8 Å². The molecule has 0 unspecified atom stereocenters. The van der Waals surface area contributed by atoms with Gasteiger partial charge in [0.2, 0.25) is 0 Å². The lowest BCUT2D eigenvalue weighted by atomic mass is 9.82. The number of hydrogen-bond acceptors (Lipinski definition) is 6. The molecule has 2 aliphatic heterocycles. The van der Waals surface area contributed by atoms with Crippen LogP contribution in [0.3, 0.4) is 0 Å². The van der Waals surface area contributed by atoms with Crippen LogP contribution in [0.15, 0.2) is 48.5 Å². The lowest BCUT2D eigenvalue weighted by Crippen LogP contribution is -2.42. The third kappa shape index (κ3) is 3.20. The zero-order chi connectivity index (χ0) is 27.7. The van der Waals surface area contributed by atoms with Crippen LogP contribution < -0.4 is 0 Å². The molecule has 0 saturated heterocycles. The highest BCUT2D eigenvalue weighted by Crippen LogP contribution is 2.46. The molecule has 0 atom stereocenters. The summed E-state index contributed by atoms with van der Waals surface area (Å²) >= 11 is 0. The summed E-state index contributed by atoms with van der Waals surface area (Å²) in [5, 5.41) is 6.44. The molecule has 2 heterocycles. The summed E-state index contributed by atoms with van der Waals surface area (Å²) in [6.45, 7) is 5.69. The second kappa shape index (κ2) is 9.08. The molecule has 8 heteroatoms. The molecule has 4 amide bonds. The van der Waals surface area contributed by atoms with Gasteiger partial charge in [-0.15, -0.1) is 0 Å². The first-order valence-corrected chi connectivity index (χ1v) is 13.6. The van der Waals surface area contributed by atoms with Gasteiger partial charge in [0.1, 0.15) is 0 Å². The van der Waals surface area contributed by atoms with E-state index >= 15 is 0 Å². The van der Waals surface area contributed by atoms with Gasteiger partial charge < -0.3 is 9.47 Å². The largest absolute Gasteiger partial charge is 0.380 e. The summed E-state index contributed by atoms with van der Waals surface area (Å²) in [5.41, 5.74) is 1.93. The second-order valence-electron chi connectivity index (χ2n) is 10.1. The van der Waals surface area contributed by atoms with Gasteiger partial charge in [-0.3, -0.25) is 29.0 Å². The molecule has 200 valence electrons. The van der Waals surface area contributed by atoms with Crippen molar-refractivity contribution in [1.29, 1.82) is 0 Å². The van der Waals surface area contributed by atoms with Crippen LogP contribution in [0.25, 0.3) is 43.1 Å². The van der Waals surface area contributed by atoms with Crippen LogP contribution >= 0.6 is 0 Å². The number of fused-ring (bicyclic) bond motifs is 2. The van der Waals surface area contributed by atoms with E-state index in [0.29, 0.717) is 46.2 Å². The molecule has 40 heavy (non-hydrogen) atoms. The van der Waals surface area contributed by atoms with E-state index in [2.05, 4.69) is 0 Å². The minimum absolute atomic E-state index is 0.188. The highest BCUT2D eigenvalue weighted by atomic mass is 16.5. The van der Waals surface area contributed by atoms with Crippen molar-refractivity contribution in [1.82, 2.24) is 9.80 Å². The van der Waals surface area contributed by atoms with Gasteiger partial charge in [-0.05, 0) is 70.4 Å². The lowest BCUT2D eigenvalue weighted by molar-refractivity contribution is 0.0521. The van der Waals surface area contributed by atoms with Crippen molar-refractivity contribution < 1.29 is 28.7 Å². The van der Waals surface area contributed by atoms with Gasteiger partial charge in [-0.1, -0.05) is 24.3 Å². The molecule has 0 fully saturated rings. The number of ether oxygens (including phenoxy) is 2. The van der Waals surface area contributed by atoms with Crippen molar-refractivity contribution in [2.24, 2.45) is 0 Å². The Balaban J connectivity index is 1.47. The maximum Gasteiger partial charge on any atom is 0.261 e. The molecular weight excluding hydrogens is 508 g/mol. The average Bonchev–Trinajstić information content (AvgIpc) is 2.97. The molecule has 0 spiro atoms. The summed E-state index contributed by atoms with van der Waals surface area (Å²) < 4.78 is 10.8. The lowest BCUT2D eigenvalue weighted by Gasteiger charge is -2.30. The van der Waals surface area contributed by atoms with E-state index < -0.39 is 0 Å². The first-order chi connectivity index (χ1) is 19.5. The van der Waals surface area contributed by atoms with Crippen LogP contribution in [0, 0.1) is 0 Å². The van der Waals surface area contributed by atoms with Crippen molar-refractivity contribution in [3.8, 4) is 0 Å². The van der Waals surface area contributed by atoms with Crippen molar-refractivity contribution in [3.63, 3.8) is 0 Å². The summed E-state index contributed by atoms with van der Waals surface area (Å²) in [4.78, 5) is 56.4. The third-order valence-corrected chi connectivity index (χ3v) is 8.13. The number of hydrogen-bond donors (Lipinski definition) is 0. The molecule has 0 radical (unpaired) electrons. The van der Waals surface area contributed by atoms with Gasteiger partial charge in [0.15, 0.2) is 0 Å². The number of amides is 4. The summed E-state index contributed by atoms with van der Waals surface area (Å²) in [5.74, 6) is -1.33. The monoisotopic (exact) mass is 534 g/mol. The van der Waals surface area contributed by atoms with Crippen LogP contribution in [0.4, 0.5) is 0 Å². The van der Waals surface area contributed by atoms with E-state index in [1.807, 2.05) is 38.1 Å². The molecule has 7 rings (SSSR count). The Hall–Kier alpha value is -4.40. The Bertz CT molecular complexity index is 1670. The maximum absolute atomic E-state index is 13.5. The topological polar surface area (TPSA) is 93.2 Å². The van der Waals surface area contributed by atoms with Gasteiger partial charge in [-0.2, -0.15) is 0 Å². The SMILES string of the molecule is CCOCCN1C(=O)c2ccc3c4ccc5c6c(ccc(c7ccc(c2c37)C1=O)c64)C(=O)N(CCOCC)C5=O. The summed E-state index contributed by atoms with van der Waals surface area (Å²) in [6, 6.07) is 14.7. The standard InChI is InChI=1S/C32H26N2O6/c1-3-39-15-13-33-29(35)21-9-5-17-19-7-11-23-28-24(32(38)34(31(23)37)14-16-40-4-2)12-8-20(26(19)28)18-6-10-22(30(33)36)27(21)25(17)18/h5-12H,3-4,13-16H2,1-2H3. The number of carbonyl (C=O) groups excluding carboxylic acids is 4. The van der Waals surface area contributed by atoms with E-state index in [0.717, 1.165) is 32.3 Å². The summed E-state index contributed by atoms with van der Waals surface area (Å²) in [7, 11) is 0. The first kappa shape index (κ1) is 24.6. The quantitative estimate of drug-likeness (QED) is 0.120. The number of rotatable bonds is 8. The number of nitrogens with zero attached hydrogens (tertiary/aromatic N) is 2. The minimum Gasteiger partial charge on any atom is -0.380 e. The molecule has 0 aromatic heterocycles. The number of imide groups is 2. The zero-order valence-corrected chi connectivity index (χ0v) is 22.2. The Morgan fingerprint density at radius 3 is 1.05 bits per heavy atom. The van der Waals surface area contributed by atoms with Gasteiger partial charge >= 0.3 is 0 Å². The summed E-state index contributed by atoms with van der Waals surface area (Å²) in [6.07, 6.45) is 0. The third-order valence-electron chi connectivity index (χ3n) is 8.13. The van der Waals surface area contributed by atoms with Crippen LogP contribution in [-0.4, -0.2) is 72.9 Å². The molecule has 5 aromatic rings. The number of carbonyl (C=O) groups is 4. The molecular formula is C32H26N2O6. The van der Waals surface area contributed by atoms with E-state index in [4.69, 9.17) is 9.47 Å². The molecule has 2 aliphatic rings. The van der Waals surface area contributed by atoms with E-state index in [-0.39, 0.29) is 49.9 Å². The molecule has 0 aliphatic carbocycles. The Morgan fingerprint density at radius 2 is 0.775 bits per heavy atom. The Labute approximate surface area is 229 Å². The smallest absolute Gasteiger partial charge is 0.261 e. The minimum atomic E-state index is -0.333. The maximum atomic E-state index is 13.5. The highest BCUT2D eigenvalue weighted by molar-refractivity contribution is 6.41. The van der Waals surface area contributed by atoms with Gasteiger partial charge in [0, 0.05) is 46.2 Å². The highest BCUT2D eigenvalue weighted by Gasteiger charge is 2.36. The molecule has 0 N–H and O–H groups in total. The fraction of sp³-hybridized carbons (Fsp3) is 0.250. The normalized spacial score (nSPS) is 15.2. The van der Waals surface area contributed by atoms with E-state index in [1.54, 1.807) is 24.3 Å². The Kier molecular flexibility index (Phi) is 5.59.